The van der Waals surface area contributed by atoms with Gasteiger partial charge in [-0.25, -0.2) is 9.59 Å². The molecule has 1 aromatic rings. The molecule has 1 aromatic carbocycles. The van der Waals surface area contributed by atoms with Crippen molar-refractivity contribution in [3.63, 3.8) is 0 Å². The molecule has 0 fully saturated rings. The topological polar surface area (TPSA) is 92.7 Å². The van der Waals surface area contributed by atoms with Gasteiger partial charge in [-0.1, -0.05) is 6.07 Å². The monoisotopic (exact) mass is 251 g/mol. The Kier molecular flexibility index (Phi) is 4.42. The minimum absolute atomic E-state index is 0.117. The molecule has 0 spiro atoms. The van der Waals surface area contributed by atoms with Crippen LogP contribution < -0.4 is 5.32 Å². The molecule has 0 aliphatic rings. The molecule has 0 radical (unpaired) electrons. The normalized spacial score (nSPS) is 9.67. The van der Waals surface area contributed by atoms with E-state index in [0.29, 0.717) is 0 Å². The Morgan fingerprint density at radius 3 is 2.50 bits per heavy atom. The number of aromatic carboxylic acids is 1. The number of hydrogen-bond acceptors (Lipinski definition) is 4. The highest BCUT2D eigenvalue weighted by Gasteiger charge is 2.22. The third kappa shape index (κ3) is 3.07. The van der Waals surface area contributed by atoms with Crippen LogP contribution in [0, 0.1) is 0 Å². The molecule has 0 atom stereocenters. The van der Waals surface area contributed by atoms with E-state index in [1.807, 2.05) is 0 Å². The van der Waals surface area contributed by atoms with Gasteiger partial charge in [0.25, 0.3) is 0 Å². The van der Waals surface area contributed by atoms with Gasteiger partial charge in [-0.15, -0.1) is 0 Å². The van der Waals surface area contributed by atoms with Gasteiger partial charge in [-0.2, -0.15) is 0 Å². The molecule has 0 aliphatic heterocycles. The third-order valence-corrected chi connectivity index (χ3v) is 2.09. The molecule has 1 rings (SSSR count). The summed E-state index contributed by atoms with van der Waals surface area (Å²) in [4.78, 5) is 33.8. The minimum atomic E-state index is -1.26. The molecular weight excluding hydrogens is 238 g/mol. The molecule has 0 aliphatic carbocycles. The van der Waals surface area contributed by atoms with Crippen LogP contribution in [-0.2, 0) is 9.53 Å². The zero-order valence-corrected chi connectivity index (χ0v) is 10.0. The number of rotatable bonds is 4. The van der Waals surface area contributed by atoms with E-state index in [-0.39, 0.29) is 23.4 Å². The standard InChI is InChI=1S/C12H13NO5/c1-3-18-12(17)10-8(11(15)16)5-4-6-9(10)13-7(2)14/h4-6H,3H2,1-2H3,(H,13,14)(H,15,16). The number of nitrogens with one attached hydrogen (secondary N) is 1. The Labute approximate surface area is 104 Å². The predicted molar refractivity (Wildman–Crippen MR) is 63.7 cm³/mol. The first-order valence-electron chi connectivity index (χ1n) is 5.28. The van der Waals surface area contributed by atoms with Crippen molar-refractivity contribution in [3.8, 4) is 0 Å². The Morgan fingerprint density at radius 2 is 2.00 bits per heavy atom. The fourth-order valence-electron chi connectivity index (χ4n) is 1.45. The SMILES string of the molecule is CCOC(=O)c1c(NC(C)=O)cccc1C(=O)O. The molecule has 2 N–H and O–H groups in total. The Morgan fingerprint density at radius 1 is 1.33 bits per heavy atom. The van der Waals surface area contributed by atoms with E-state index >= 15 is 0 Å². The molecule has 96 valence electrons. The summed E-state index contributed by atoms with van der Waals surface area (Å²) in [5, 5.41) is 11.4. The molecule has 0 saturated heterocycles. The second-order valence-electron chi connectivity index (χ2n) is 3.43. The molecular formula is C12H13NO5. The van der Waals surface area contributed by atoms with E-state index in [0.717, 1.165) is 0 Å². The molecule has 0 unspecified atom stereocenters. The van der Waals surface area contributed by atoms with E-state index in [1.54, 1.807) is 6.92 Å². The number of carbonyl (C=O) groups is 3. The van der Waals surface area contributed by atoms with Gasteiger partial charge in [0.1, 0.15) is 0 Å². The lowest BCUT2D eigenvalue weighted by atomic mass is 10.1. The third-order valence-electron chi connectivity index (χ3n) is 2.09. The lowest BCUT2D eigenvalue weighted by Crippen LogP contribution is -2.17. The fraction of sp³-hybridized carbons (Fsp3) is 0.250. The minimum Gasteiger partial charge on any atom is -0.478 e. The van der Waals surface area contributed by atoms with Crippen LogP contribution in [0.1, 0.15) is 34.6 Å². The molecule has 0 heterocycles. The summed E-state index contributed by atoms with van der Waals surface area (Å²) in [5.41, 5.74) is -0.234. The summed E-state index contributed by atoms with van der Waals surface area (Å²) in [6.45, 7) is 2.99. The van der Waals surface area contributed by atoms with Gasteiger partial charge < -0.3 is 15.2 Å². The van der Waals surface area contributed by atoms with E-state index in [2.05, 4.69) is 5.32 Å². The maximum absolute atomic E-state index is 11.7. The van der Waals surface area contributed by atoms with E-state index in [4.69, 9.17) is 9.84 Å². The number of esters is 1. The summed E-state index contributed by atoms with van der Waals surface area (Å²) in [7, 11) is 0. The van der Waals surface area contributed by atoms with E-state index in [1.165, 1.54) is 25.1 Å². The summed E-state index contributed by atoms with van der Waals surface area (Å²) >= 11 is 0. The number of anilines is 1. The summed E-state index contributed by atoms with van der Waals surface area (Å²) in [5.74, 6) is -2.44. The van der Waals surface area contributed by atoms with Gasteiger partial charge in [-0.05, 0) is 19.1 Å². The highest BCUT2D eigenvalue weighted by molar-refractivity contribution is 6.08. The van der Waals surface area contributed by atoms with Crippen molar-refractivity contribution >= 4 is 23.5 Å². The van der Waals surface area contributed by atoms with Crippen molar-refractivity contribution < 1.29 is 24.2 Å². The Bertz CT molecular complexity index is 495. The van der Waals surface area contributed by atoms with Gasteiger partial charge in [0.15, 0.2) is 0 Å². The lowest BCUT2D eigenvalue weighted by Gasteiger charge is -2.11. The lowest BCUT2D eigenvalue weighted by molar-refractivity contribution is -0.114. The average Bonchev–Trinajstić information content (AvgIpc) is 2.28. The second-order valence-corrected chi connectivity index (χ2v) is 3.43. The number of carboxylic acid groups (broad SMARTS) is 1. The number of ether oxygens (including phenoxy) is 1. The fourth-order valence-corrected chi connectivity index (χ4v) is 1.45. The Hall–Kier alpha value is -2.37. The van der Waals surface area contributed by atoms with Crippen LogP contribution in [0.4, 0.5) is 5.69 Å². The molecule has 6 nitrogen and oxygen atoms in total. The van der Waals surface area contributed by atoms with Crippen LogP contribution in [0.3, 0.4) is 0 Å². The molecule has 18 heavy (non-hydrogen) atoms. The zero-order valence-electron chi connectivity index (χ0n) is 10.0. The number of carboxylic acids is 1. The maximum atomic E-state index is 11.7. The predicted octanol–water partition coefficient (Wildman–Crippen LogP) is 1.52. The Balaban J connectivity index is 3.33. The van der Waals surface area contributed by atoms with Crippen molar-refractivity contribution in [3.05, 3.63) is 29.3 Å². The molecule has 0 bridgehead atoms. The van der Waals surface area contributed by atoms with Crippen molar-refractivity contribution in [2.75, 3.05) is 11.9 Å². The van der Waals surface area contributed by atoms with Crippen molar-refractivity contribution in [1.29, 1.82) is 0 Å². The number of amides is 1. The van der Waals surface area contributed by atoms with Gasteiger partial charge in [0.05, 0.1) is 23.4 Å². The van der Waals surface area contributed by atoms with Crippen LogP contribution in [0.5, 0.6) is 0 Å². The average molecular weight is 251 g/mol. The summed E-state index contributed by atoms with van der Waals surface area (Å²) in [6.07, 6.45) is 0. The first-order chi connectivity index (χ1) is 8.47. The zero-order chi connectivity index (χ0) is 13.7. The second kappa shape index (κ2) is 5.81. The highest BCUT2D eigenvalue weighted by atomic mass is 16.5. The summed E-state index contributed by atoms with van der Waals surface area (Å²) < 4.78 is 4.79. The van der Waals surface area contributed by atoms with Crippen molar-refractivity contribution in [2.45, 2.75) is 13.8 Å². The van der Waals surface area contributed by atoms with Crippen LogP contribution in [-0.4, -0.2) is 29.6 Å². The largest absolute Gasteiger partial charge is 0.478 e. The molecule has 0 saturated carbocycles. The summed E-state index contributed by atoms with van der Waals surface area (Å²) in [6, 6.07) is 4.16. The van der Waals surface area contributed by atoms with E-state index in [9.17, 15) is 14.4 Å². The van der Waals surface area contributed by atoms with Gasteiger partial charge in [-0.3, -0.25) is 4.79 Å². The smallest absolute Gasteiger partial charge is 0.341 e. The van der Waals surface area contributed by atoms with E-state index < -0.39 is 17.8 Å². The quantitative estimate of drug-likeness (QED) is 0.791. The van der Waals surface area contributed by atoms with Crippen molar-refractivity contribution in [1.82, 2.24) is 0 Å². The maximum Gasteiger partial charge on any atom is 0.341 e. The van der Waals surface area contributed by atoms with Crippen LogP contribution in [0.15, 0.2) is 18.2 Å². The molecule has 6 heteroatoms. The molecule has 0 aromatic heterocycles. The first-order valence-corrected chi connectivity index (χ1v) is 5.28. The van der Waals surface area contributed by atoms with Gasteiger partial charge in [0.2, 0.25) is 5.91 Å². The number of carbonyl (C=O) groups excluding carboxylic acids is 2. The molecule has 1 amide bonds. The van der Waals surface area contributed by atoms with Crippen molar-refractivity contribution in [2.24, 2.45) is 0 Å². The van der Waals surface area contributed by atoms with Gasteiger partial charge >= 0.3 is 11.9 Å². The van der Waals surface area contributed by atoms with Crippen LogP contribution in [0.25, 0.3) is 0 Å². The number of benzene rings is 1. The number of hydrogen-bond donors (Lipinski definition) is 2. The first kappa shape index (κ1) is 13.7. The van der Waals surface area contributed by atoms with Gasteiger partial charge in [0, 0.05) is 6.92 Å². The van der Waals surface area contributed by atoms with Crippen LogP contribution >= 0.6 is 0 Å². The van der Waals surface area contributed by atoms with Crippen LogP contribution in [0.2, 0.25) is 0 Å². The highest BCUT2D eigenvalue weighted by Crippen LogP contribution is 2.21.